The van der Waals surface area contributed by atoms with E-state index in [0.29, 0.717) is 18.5 Å². The average molecular weight is 624 g/mol. The van der Waals surface area contributed by atoms with Gasteiger partial charge in [0.05, 0.1) is 22.6 Å². The van der Waals surface area contributed by atoms with Gasteiger partial charge in [0.25, 0.3) is 11.5 Å². The van der Waals surface area contributed by atoms with Crippen LogP contribution in [0.3, 0.4) is 0 Å². The number of anilines is 1. The number of nitrogens with one attached hydrogen (secondary N) is 2. The van der Waals surface area contributed by atoms with E-state index in [1.54, 1.807) is 6.20 Å². The van der Waals surface area contributed by atoms with Gasteiger partial charge in [0.2, 0.25) is 0 Å². The third-order valence-corrected chi connectivity index (χ3v) is 8.36. The molecule has 9 nitrogen and oxygen atoms in total. The van der Waals surface area contributed by atoms with Gasteiger partial charge in [-0.1, -0.05) is 30.3 Å². The molecule has 1 fully saturated rings. The maximum absolute atomic E-state index is 13.2. The van der Waals surface area contributed by atoms with Crippen LogP contribution >= 0.6 is 0 Å². The van der Waals surface area contributed by atoms with Crippen molar-refractivity contribution in [2.45, 2.75) is 58.3 Å². The Bertz CT molecular complexity index is 1680. The number of carboxylic acids is 1. The molecule has 0 spiro atoms. The van der Waals surface area contributed by atoms with E-state index in [9.17, 15) is 22.8 Å². The molecule has 3 aliphatic rings. The lowest BCUT2D eigenvalue weighted by Crippen LogP contribution is -2.33. The maximum Gasteiger partial charge on any atom is 0.490 e. The Hall–Kier alpha value is -4.45. The minimum Gasteiger partial charge on any atom is -0.475 e. The number of hydrogen-bond acceptors (Lipinski definition) is 6. The smallest absolute Gasteiger partial charge is 0.475 e. The van der Waals surface area contributed by atoms with Gasteiger partial charge in [-0.3, -0.25) is 14.6 Å². The molecule has 3 aromatic rings. The SMILES string of the molecule is Cc1ccccc1C[C@H](C)Nc1cc[nH]c(=O)c1C1=Nc2cc3c(cc2C1)CN(CCN1CCCC1)C3=O.O=C(O)C(F)(F)F. The standard InChI is InChI=1S/C31H35N5O2.C2HF3O2/c1-20-7-3-4-8-22(20)15-21(2)33-26-9-10-32-30(37)29(26)28-17-23-16-24-19-36(14-13-35-11-5-6-12-35)31(38)25(24)18-27(23)34-28;3-2(4,5)1(6)7/h3-4,7-10,16,18,21H,5-6,11-15,17,19H2,1-2H3,(H2,32,33,37);(H,6,7)/t21-;/m0./s1. The van der Waals surface area contributed by atoms with Crippen molar-refractivity contribution in [3.05, 3.63) is 92.4 Å². The van der Waals surface area contributed by atoms with Crippen LogP contribution in [-0.2, 0) is 24.2 Å². The number of fused-ring (bicyclic) bond motifs is 2. The maximum atomic E-state index is 13.2. The van der Waals surface area contributed by atoms with Gasteiger partial charge in [0.15, 0.2) is 0 Å². The second-order valence-electron chi connectivity index (χ2n) is 11.7. The molecule has 1 amide bonds. The molecule has 1 atom stereocenters. The number of halogens is 3. The van der Waals surface area contributed by atoms with Crippen molar-refractivity contribution in [2.75, 3.05) is 31.5 Å². The average Bonchev–Trinajstić information content (AvgIpc) is 3.71. The second-order valence-corrected chi connectivity index (χ2v) is 11.7. The third kappa shape index (κ3) is 7.44. The number of aliphatic imine (C=N–C) groups is 1. The lowest BCUT2D eigenvalue weighted by Gasteiger charge is -2.20. The number of hydrogen-bond donors (Lipinski definition) is 3. The van der Waals surface area contributed by atoms with E-state index in [1.165, 1.54) is 24.0 Å². The highest BCUT2D eigenvalue weighted by Crippen LogP contribution is 2.36. The van der Waals surface area contributed by atoms with Crippen LogP contribution in [0.5, 0.6) is 0 Å². The molecule has 0 aliphatic carbocycles. The number of pyridine rings is 1. The zero-order valence-electron chi connectivity index (χ0n) is 25.2. The predicted octanol–water partition coefficient (Wildman–Crippen LogP) is 5.09. The normalized spacial score (nSPS) is 16.5. The van der Waals surface area contributed by atoms with Crippen molar-refractivity contribution >= 4 is 29.0 Å². The van der Waals surface area contributed by atoms with Crippen LogP contribution in [0.1, 0.15) is 57.9 Å². The van der Waals surface area contributed by atoms with Crippen LogP contribution in [0.2, 0.25) is 0 Å². The zero-order valence-corrected chi connectivity index (χ0v) is 25.2. The number of carboxylic acid groups (broad SMARTS) is 1. The number of amides is 1. The van der Waals surface area contributed by atoms with Crippen molar-refractivity contribution in [1.29, 1.82) is 0 Å². The Kier molecular flexibility index (Phi) is 9.42. The van der Waals surface area contributed by atoms with Crippen LogP contribution < -0.4 is 10.9 Å². The molecule has 6 rings (SSSR count). The first-order valence-corrected chi connectivity index (χ1v) is 15.0. The van der Waals surface area contributed by atoms with Crippen molar-refractivity contribution in [3.63, 3.8) is 0 Å². The lowest BCUT2D eigenvalue weighted by molar-refractivity contribution is -0.192. The summed E-state index contributed by atoms with van der Waals surface area (Å²) in [5.41, 5.74) is 8.22. The number of aryl methyl sites for hydroxylation is 1. The van der Waals surface area contributed by atoms with E-state index in [2.05, 4.69) is 59.4 Å². The predicted molar refractivity (Wildman–Crippen MR) is 165 cm³/mol. The van der Waals surface area contributed by atoms with E-state index in [1.807, 2.05) is 17.0 Å². The van der Waals surface area contributed by atoms with E-state index >= 15 is 0 Å². The summed E-state index contributed by atoms with van der Waals surface area (Å²) in [5.74, 6) is -2.66. The highest BCUT2D eigenvalue weighted by molar-refractivity contribution is 6.10. The van der Waals surface area contributed by atoms with E-state index < -0.39 is 12.1 Å². The minimum absolute atomic E-state index is 0.0931. The molecule has 238 valence electrons. The van der Waals surface area contributed by atoms with Crippen LogP contribution in [0.25, 0.3) is 0 Å². The molecule has 1 aromatic heterocycles. The summed E-state index contributed by atoms with van der Waals surface area (Å²) >= 11 is 0. The Balaban J connectivity index is 0.000000515. The number of aromatic amines is 1. The molecule has 4 heterocycles. The number of aromatic nitrogens is 1. The molecule has 12 heteroatoms. The molecule has 2 aromatic carbocycles. The first-order valence-electron chi connectivity index (χ1n) is 15.0. The van der Waals surface area contributed by atoms with E-state index in [-0.39, 0.29) is 17.5 Å². The van der Waals surface area contributed by atoms with Gasteiger partial charge in [-0.05, 0) is 80.6 Å². The number of likely N-dealkylation sites (tertiary alicyclic amines) is 1. The number of H-pyrrole nitrogens is 1. The third-order valence-electron chi connectivity index (χ3n) is 8.36. The molecule has 0 saturated carbocycles. The summed E-state index contributed by atoms with van der Waals surface area (Å²) in [6.45, 7) is 8.90. The lowest BCUT2D eigenvalue weighted by atomic mass is 9.99. The van der Waals surface area contributed by atoms with Gasteiger partial charge in [0, 0.05) is 43.9 Å². The summed E-state index contributed by atoms with van der Waals surface area (Å²) < 4.78 is 31.7. The highest BCUT2D eigenvalue weighted by atomic mass is 19.4. The summed E-state index contributed by atoms with van der Waals surface area (Å²) in [4.78, 5) is 47.2. The van der Waals surface area contributed by atoms with Crippen LogP contribution in [-0.4, -0.2) is 75.9 Å². The topological polar surface area (TPSA) is 118 Å². The summed E-state index contributed by atoms with van der Waals surface area (Å²) in [7, 11) is 0. The fourth-order valence-electron chi connectivity index (χ4n) is 6.04. The fraction of sp³-hybridized carbons (Fsp3) is 0.394. The Morgan fingerprint density at radius 1 is 1.09 bits per heavy atom. The quantitative estimate of drug-likeness (QED) is 0.322. The summed E-state index contributed by atoms with van der Waals surface area (Å²) in [5, 5.41) is 10.7. The minimum atomic E-state index is -5.08. The number of rotatable bonds is 8. The molecule has 3 N–H and O–H groups in total. The number of alkyl halides is 3. The number of nitrogens with zero attached hydrogens (tertiary/aromatic N) is 3. The first kappa shape index (κ1) is 32.0. The number of carbonyl (C=O) groups is 2. The van der Waals surface area contributed by atoms with Crippen LogP contribution in [0, 0.1) is 6.92 Å². The number of carbonyl (C=O) groups excluding carboxylic acids is 1. The van der Waals surface area contributed by atoms with Crippen molar-refractivity contribution in [2.24, 2.45) is 4.99 Å². The van der Waals surface area contributed by atoms with Crippen molar-refractivity contribution in [1.82, 2.24) is 14.8 Å². The number of benzene rings is 2. The first-order chi connectivity index (χ1) is 21.4. The van der Waals surface area contributed by atoms with E-state index in [0.717, 1.165) is 66.4 Å². The van der Waals surface area contributed by atoms with Gasteiger partial charge in [-0.15, -0.1) is 0 Å². The van der Waals surface area contributed by atoms with Crippen molar-refractivity contribution in [3.8, 4) is 0 Å². The number of aliphatic carboxylic acids is 1. The van der Waals surface area contributed by atoms with Gasteiger partial charge in [-0.25, -0.2) is 4.79 Å². The monoisotopic (exact) mass is 623 g/mol. The van der Waals surface area contributed by atoms with Gasteiger partial charge in [-0.2, -0.15) is 13.2 Å². The molecule has 0 bridgehead atoms. The second kappa shape index (κ2) is 13.3. The van der Waals surface area contributed by atoms with Crippen molar-refractivity contribution < 1.29 is 27.9 Å². The molecule has 1 saturated heterocycles. The molecule has 45 heavy (non-hydrogen) atoms. The molecular weight excluding hydrogens is 587 g/mol. The van der Waals surface area contributed by atoms with Crippen LogP contribution in [0.4, 0.5) is 24.5 Å². The molecular formula is C33H36F3N5O4. The molecule has 3 aliphatic heterocycles. The fourth-order valence-corrected chi connectivity index (χ4v) is 6.04. The zero-order chi connectivity index (χ0) is 32.3. The molecule has 0 radical (unpaired) electrons. The Labute approximate surface area is 258 Å². The highest BCUT2D eigenvalue weighted by Gasteiger charge is 2.38. The largest absolute Gasteiger partial charge is 0.490 e. The van der Waals surface area contributed by atoms with Crippen LogP contribution in [0.15, 0.2) is 58.4 Å². The molecule has 0 unspecified atom stereocenters. The van der Waals surface area contributed by atoms with E-state index in [4.69, 9.17) is 14.9 Å². The Morgan fingerprint density at radius 3 is 2.49 bits per heavy atom. The van der Waals surface area contributed by atoms with Gasteiger partial charge >= 0.3 is 12.1 Å². The Morgan fingerprint density at radius 2 is 1.80 bits per heavy atom. The van der Waals surface area contributed by atoms with Gasteiger partial charge < -0.3 is 25.2 Å². The summed E-state index contributed by atoms with van der Waals surface area (Å²) in [6.07, 6.45) is 0.553. The summed E-state index contributed by atoms with van der Waals surface area (Å²) in [6, 6.07) is 14.5. The van der Waals surface area contributed by atoms with Gasteiger partial charge in [0.1, 0.15) is 0 Å².